The van der Waals surface area contributed by atoms with Crippen LogP contribution in [0.25, 0.3) is 0 Å². The van der Waals surface area contributed by atoms with Gasteiger partial charge in [-0.2, -0.15) is 0 Å². The highest BCUT2D eigenvalue weighted by atomic mass is 32.2. The molecule has 1 unspecified atom stereocenters. The van der Waals surface area contributed by atoms with Crippen LogP contribution in [-0.4, -0.2) is 41.7 Å². The van der Waals surface area contributed by atoms with E-state index >= 15 is 0 Å². The van der Waals surface area contributed by atoms with Crippen LogP contribution >= 0.6 is 23.1 Å². The lowest BCUT2D eigenvalue weighted by Crippen LogP contribution is -2.39. The Hall–Kier alpha value is -1.53. The van der Waals surface area contributed by atoms with E-state index in [1.165, 1.54) is 21.9 Å². The first-order valence-electron chi connectivity index (χ1n) is 8.29. The van der Waals surface area contributed by atoms with Gasteiger partial charge in [0.25, 0.3) is 0 Å². The van der Waals surface area contributed by atoms with Gasteiger partial charge in [0.15, 0.2) is 5.96 Å². The van der Waals surface area contributed by atoms with Crippen LogP contribution in [0.5, 0.6) is 0 Å². The van der Waals surface area contributed by atoms with Crippen molar-refractivity contribution in [3.05, 3.63) is 46.4 Å². The van der Waals surface area contributed by atoms with E-state index in [1.807, 2.05) is 25.0 Å². The molecule has 0 bridgehead atoms. The number of thiazole rings is 1. The molecule has 1 aliphatic rings. The lowest BCUT2D eigenvalue weighted by molar-refractivity contribution is 0.474. The van der Waals surface area contributed by atoms with Gasteiger partial charge in [-0.05, 0) is 31.4 Å². The molecule has 0 amide bonds. The number of nitrogens with one attached hydrogen (secondary N) is 1. The van der Waals surface area contributed by atoms with Crippen molar-refractivity contribution < 1.29 is 0 Å². The molecule has 4 nitrogen and oxygen atoms in total. The highest BCUT2D eigenvalue weighted by molar-refractivity contribution is 7.99. The van der Waals surface area contributed by atoms with E-state index < -0.39 is 0 Å². The van der Waals surface area contributed by atoms with Gasteiger partial charge in [-0.1, -0.05) is 18.2 Å². The molecular formula is C18H24N4S2. The van der Waals surface area contributed by atoms with Gasteiger partial charge in [-0.25, -0.2) is 4.98 Å². The number of nitrogens with zero attached hydrogens (tertiary/aromatic N) is 3. The van der Waals surface area contributed by atoms with Crippen LogP contribution in [0.2, 0.25) is 0 Å². The minimum absolute atomic E-state index is 0.718. The van der Waals surface area contributed by atoms with E-state index in [2.05, 4.69) is 57.4 Å². The van der Waals surface area contributed by atoms with Gasteiger partial charge >= 0.3 is 0 Å². The predicted molar refractivity (Wildman–Crippen MR) is 104 cm³/mol. The first-order chi connectivity index (χ1) is 11.7. The van der Waals surface area contributed by atoms with Crippen LogP contribution in [0.1, 0.15) is 16.3 Å². The van der Waals surface area contributed by atoms with Gasteiger partial charge in [0.05, 0.1) is 6.54 Å². The molecule has 1 fully saturated rings. The molecule has 0 spiro atoms. The fourth-order valence-corrected chi connectivity index (χ4v) is 4.64. The maximum atomic E-state index is 4.45. The minimum atomic E-state index is 0.718. The van der Waals surface area contributed by atoms with Crippen molar-refractivity contribution in [2.24, 2.45) is 10.9 Å². The first-order valence-corrected chi connectivity index (χ1v) is 10.1. The van der Waals surface area contributed by atoms with E-state index in [4.69, 9.17) is 0 Å². The predicted octanol–water partition coefficient (Wildman–Crippen LogP) is 3.64. The molecular weight excluding hydrogens is 336 g/mol. The Kier molecular flexibility index (Phi) is 6.15. The van der Waals surface area contributed by atoms with Gasteiger partial charge in [0, 0.05) is 41.9 Å². The second-order valence-electron chi connectivity index (χ2n) is 5.99. The number of rotatable bonds is 5. The molecule has 3 rings (SSSR count). The molecule has 0 aliphatic carbocycles. The number of benzene rings is 1. The summed E-state index contributed by atoms with van der Waals surface area (Å²) in [5.74, 6) is 2.88. The Labute approximate surface area is 152 Å². The zero-order chi connectivity index (χ0) is 16.8. The summed E-state index contributed by atoms with van der Waals surface area (Å²) in [6, 6.07) is 10.7. The summed E-state index contributed by atoms with van der Waals surface area (Å²) >= 11 is 3.70. The molecule has 24 heavy (non-hydrogen) atoms. The van der Waals surface area contributed by atoms with Crippen LogP contribution < -0.4 is 5.32 Å². The van der Waals surface area contributed by atoms with Crippen molar-refractivity contribution in [3.8, 4) is 0 Å². The number of thioether (sulfide) groups is 1. The van der Waals surface area contributed by atoms with Crippen LogP contribution in [0.15, 0.2) is 46.4 Å². The smallest absolute Gasteiger partial charge is 0.194 e. The third kappa shape index (κ3) is 4.74. The molecule has 1 aromatic carbocycles. The third-order valence-electron chi connectivity index (χ3n) is 4.09. The number of likely N-dealkylation sites (tertiary alicyclic amines) is 1. The summed E-state index contributed by atoms with van der Waals surface area (Å²) in [5.41, 5.74) is 0. The number of hydrogen-bond donors (Lipinski definition) is 1. The summed E-state index contributed by atoms with van der Waals surface area (Å²) in [7, 11) is 1.86. The number of hydrogen-bond acceptors (Lipinski definition) is 4. The maximum Gasteiger partial charge on any atom is 0.194 e. The average molecular weight is 361 g/mol. The maximum absolute atomic E-state index is 4.45. The highest BCUT2D eigenvalue weighted by Gasteiger charge is 2.24. The van der Waals surface area contributed by atoms with Crippen molar-refractivity contribution >= 4 is 29.1 Å². The average Bonchev–Trinajstić information content (AvgIpc) is 3.24. The molecule has 1 aromatic heterocycles. The second-order valence-corrected chi connectivity index (χ2v) is 8.40. The van der Waals surface area contributed by atoms with Gasteiger partial charge < -0.3 is 10.2 Å². The van der Waals surface area contributed by atoms with E-state index in [-0.39, 0.29) is 0 Å². The van der Waals surface area contributed by atoms with E-state index in [1.54, 1.807) is 11.3 Å². The molecule has 1 aliphatic heterocycles. The zero-order valence-electron chi connectivity index (χ0n) is 14.2. The molecule has 0 saturated carbocycles. The van der Waals surface area contributed by atoms with Crippen LogP contribution in [-0.2, 0) is 6.54 Å². The molecule has 2 aromatic rings. The summed E-state index contributed by atoms with van der Waals surface area (Å²) in [4.78, 5) is 13.8. The Morgan fingerprint density at radius 3 is 2.96 bits per heavy atom. The Bertz CT molecular complexity index is 669. The molecule has 1 atom stereocenters. The summed E-state index contributed by atoms with van der Waals surface area (Å²) in [6.07, 6.45) is 3.16. The van der Waals surface area contributed by atoms with Crippen LogP contribution in [0, 0.1) is 12.8 Å². The van der Waals surface area contributed by atoms with Crippen molar-refractivity contribution in [2.45, 2.75) is 24.8 Å². The molecule has 128 valence electrons. The van der Waals surface area contributed by atoms with E-state index in [0.29, 0.717) is 0 Å². The Morgan fingerprint density at radius 2 is 2.25 bits per heavy atom. The van der Waals surface area contributed by atoms with Crippen LogP contribution in [0.3, 0.4) is 0 Å². The van der Waals surface area contributed by atoms with Gasteiger partial charge in [0.1, 0.15) is 5.01 Å². The Morgan fingerprint density at radius 1 is 1.42 bits per heavy atom. The number of aryl methyl sites for hydroxylation is 1. The minimum Gasteiger partial charge on any atom is -0.350 e. The van der Waals surface area contributed by atoms with Crippen molar-refractivity contribution in [1.29, 1.82) is 0 Å². The SMILES string of the molecule is CN=C(NCc1ncc(C)s1)N1CCC(CSc2ccccc2)C1. The van der Waals surface area contributed by atoms with Gasteiger partial charge in [-0.3, -0.25) is 4.99 Å². The van der Waals surface area contributed by atoms with Crippen LogP contribution in [0.4, 0.5) is 0 Å². The van der Waals surface area contributed by atoms with Crippen molar-refractivity contribution in [1.82, 2.24) is 15.2 Å². The van der Waals surface area contributed by atoms with Gasteiger partial charge in [-0.15, -0.1) is 23.1 Å². The van der Waals surface area contributed by atoms with E-state index in [9.17, 15) is 0 Å². The molecule has 1 N–H and O–H groups in total. The molecule has 0 radical (unpaired) electrons. The standard InChI is InChI=1S/C18H24N4S2/c1-14-10-20-17(24-14)11-21-18(19-2)22-9-8-15(12-22)13-23-16-6-4-3-5-7-16/h3-7,10,15H,8-9,11-13H2,1-2H3,(H,19,21). The van der Waals surface area contributed by atoms with Crippen molar-refractivity contribution in [2.75, 3.05) is 25.9 Å². The fraction of sp³-hybridized carbons (Fsp3) is 0.444. The van der Waals surface area contributed by atoms with Crippen molar-refractivity contribution in [3.63, 3.8) is 0 Å². The summed E-state index contributed by atoms with van der Waals surface area (Å²) in [5, 5.41) is 4.57. The highest BCUT2D eigenvalue weighted by Crippen LogP contribution is 2.25. The second kappa shape index (κ2) is 8.53. The van der Waals surface area contributed by atoms with E-state index in [0.717, 1.165) is 36.5 Å². The molecule has 2 heterocycles. The fourth-order valence-electron chi connectivity index (χ4n) is 2.86. The number of guanidine groups is 1. The largest absolute Gasteiger partial charge is 0.350 e. The normalized spacial score (nSPS) is 18.2. The molecule has 6 heteroatoms. The number of aromatic nitrogens is 1. The first kappa shape index (κ1) is 17.3. The molecule has 1 saturated heterocycles. The lowest BCUT2D eigenvalue weighted by Gasteiger charge is -2.21. The quantitative estimate of drug-likeness (QED) is 0.502. The summed E-state index contributed by atoms with van der Waals surface area (Å²) in [6.45, 7) is 5.00. The monoisotopic (exact) mass is 360 g/mol. The lowest BCUT2D eigenvalue weighted by atomic mass is 10.2. The summed E-state index contributed by atoms with van der Waals surface area (Å²) < 4.78 is 0. The number of aliphatic imine (C=N–C) groups is 1. The zero-order valence-corrected chi connectivity index (χ0v) is 15.9. The van der Waals surface area contributed by atoms with Gasteiger partial charge in [0.2, 0.25) is 0 Å². The Balaban J connectivity index is 1.46. The topological polar surface area (TPSA) is 40.5 Å². The third-order valence-corrected chi connectivity index (χ3v) is 6.25.